The smallest absolute Gasteiger partial charge is 0.124 e. The zero-order valence-electron chi connectivity index (χ0n) is 11.0. The highest BCUT2D eigenvalue weighted by molar-refractivity contribution is 5.45. The molecule has 0 aromatic heterocycles. The van der Waals surface area contributed by atoms with Gasteiger partial charge in [0, 0.05) is 0 Å². The van der Waals surface area contributed by atoms with Gasteiger partial charge in [0.25, 0.3) is 0 Å². The third-order valence-electron chi connectivity index (χ3n) is 3.12. The molecule has 2 rings (SSSR count). The van der Waals surface area contributed by atoms with Crippen molar-refractivity contribution in [3.05, 3.63) is 64.7 Å². The van der Waals surface area contributed by atoms with Crippen molar-refractivity contribution in [3.63, 3.8) is 0 Å². The van der Waals surface area contributed by atoms with Gasteiger partial charge in [-0.15, -0.1) is 0 Å². The highest BCUT2D eigenvalue weighted by Gasteiger charge is 2.13. The van der Waals surface area contributed by atoms with Crippen molar-refractivity contribution in [2.24, 2.45) is 0 Å². The maximum absolute atomic E-state index is 10.4. The molecule has 0 bridgehead atoms. The average Bonchev–Trinajstić information content (AvgIpc) is 2.38. The lowest BCUT2D eigenvalue weighted by Gasteiger charge is -2.16. The molecule has 0 aliphatic heterocycles. The molecule has 94 valence electrons. The molecule has 2 aromatic carbocycles. The first kappa shape index (κ1) is 12.7. The normalized spacial score (nSPS) is 12.2. The number of aliphatic hydroxyl groups excluding tert-OH is 1. The Hall–Kier alpha value is -1.80. The zero-order valence-corrected chi connectivity index (χ0v) is 11.0. The minimum atomic E-state index is -0.588. The fourth-order valence-electron chi connectivity index (χ4n) is 2.29. The molecule has 2 heteroatoms. The molecule has 1 unspecified atom stereocenters. The van der Waals surface area contributed by atoms with Crippen molar-refractivity contribution in [2.45, 2.75) is 20.0 Å². The van der Waals surface area contributed by atoms with E-state index in [0.29, 0.717) is 0 Å². The molecular weight excluding hydrogens is 224 g/mol. The third-order valence-corrected chi connectivity index (χ3v) is 3.12. The van der Waals surface area contributed by atoms with Gasteiger partial charge in [-0.1, -0.05) is 30.3 Å². The lowest BCUT2D eigenvalue weighted by atomic mass is 9.97. The topological polar surface area (TPSA) is 29.5 Å². The van der Waals surface area contributed by atoms with Crippen LogP contribution < -0.4 is 4.74 Å². The summed E-state index contributed by atoms with van der Waals surface area (Å²) in [7, 11) is 1.67. The van der Waals surface area contributed by atoms with E-state index >= 15 is 0 Å². The molecule has 0 amide bonds. The standard InChI is InChI=1S/C16H18O2/c1-11-9-14(10-12(2)16(11)18-3)15(17)13-7-5-4-6-8-13/h4-10,15,17H,1-3H3. The molecule has 1 N–H and O–H groups in total. The number of rotatable bonds is 3. The highest BCUT2D eigenvalue weighted by Crippen LogP contribution is 2.29. The van der Waals surface area contributed by atoms with Gasteiger partial charge in [0.15, 0.2) is 0 Å². The minimum Gasteiger partial charge on any atom is -0.496 e. The van der Waals surface area contributed by atoms with Crippen LogP contribution in [0.4, 0.5) is 0 Å². The SMILES string of the molecule is COc1c(C)cc(C(O)c2ccccc2)cc1C. The first-order valence-electron chi connectivity index (χ1n) is 6.01. The van der Waals surface area contributed by atoms with Crippen LogP contribution in [0.5, 0.6) is 5.75 Å². The molecule has 0 saturated carbocycles. The molecule has 0 radical (unpaired) electrons. The van der Waals surface area contributed by atoms with Crippen LogP contribution in [0.2, 0.25) is 0 Å². The molecule has 0 fully saturated rings. The Labute approximate surface area is 108 Å². The molecule has 0 aliphatic carbocycles. The summed E-state index contributed by atoms with van der Waals surface area (Å²) in [5.41, 5.74) is 3.89. The summed E-state index contributed by atoms with van der Waals surface area (Å²) in [6, 6.07) is 13.6. The Morgan fingerprint density at radius 1 is 0.944 bits per heavy atom. The maximum Gasteiger partial charge on any atom is 0.124 e. The Bertz CT molecular complexity index is 509. The van der Waals surface area contributed by atoms with E-state index in [-0.39, 0.29) is 0 Å². The molecule has 0 spiro atoms. The van der Waals surface area contributed by atoms with Crippen LogP contribution in [0.1, 0.15) is 28.4 Å². The lowest BCUT2D eigenvalue weighted by Crippen LogP contribution is -2.02. The van der Waals surface area contributed by atoms with Crippen LogP contribution in [0, 0.1) is 13.8 Å². The predicted molar refractivity (Wildman–Crippen MR) is 73.0 cm³/mol. The van der Waals surface area contributed by atoms with Crippen molar-refractivity contribution in [1.29, 1.82) is 0 Å². The Morgan fingerprint density at radius 3 is 2.00 bits per heavy atom. The number of methoxy groups -OCH3 is 1. The van der Waals surface area contributed by atoms with Crippen molar-refractivity contribution in [3.8, 4) is 5.75 Å². The Kier molecular flexibility index (Phi) is 3.68. The second kappa shape index (κ2) is 5.23. The van der Waals surface area contributed by atoms with E-state index in [1.165, 1.54) is 0 Å². The van der Waals surface area contributed by atoms with E-state index in [9.17, 15) is 5.11 Å². The monoisotopic (exact) mass is 242 g/mol. The maximum atomic E-state index is 10.4. The fourth-order valence-corrected chi connectivity index (χ4v) is 2.29. The highest BCUT2D eigenvalue weighted by atomic mass is 16.5. The van der Waals surface area contributed by atoms with E-state index in [2.05, 4.69) is 0 Å². The first-order chi connectivity index (χ1) is 8.63. The van der Waals surface area contributed by atoms with Gasteiger partial charge in [0.1, 0.15) is 11.9 Å². The van der Waals surface area contributed by atoms with E-state index < -0.39 is 6.10 Å². The molecule has 18 heavy (non-hydrogen) atoms. The summed E-state index contributed by atoms with van der Waals surface area (Å²) in [6.45, 7) is 3.99. The fraction of sp³-hybridized carbons (Fsp3) is 0.250. The first-order valence-corrected chi connectivity index (χ1v) is 6.01. The summed E-state index contributed by atoms with van der Waals surface area (Å²) >= 11 is 0. The summed E-state index contributed by atoms with van der Waals surface area (Å²) in [5.74, 6) is 0.888. The third kappa shape index (κ3) is 2.39. The van der Waals surface area contributed by atoms with Gasteiger partial charge in [-0.2, -0.15) is 0 Å². The quantitative estimate of drug-likeness (QED) is 0.894. The van der Waals surface area contributed by atoms with Crippen molar-refractivity contribution >= 4 is 0 Å². The summed E-state index contributed by atoms with van der Waals surface area (Å²) in [6.07, 6.45) is -0.588. The van der Waals surface area contributed by atoms with Crippen LogP contribution in [0.15, 0.2) is 42.5 Å². The molecule has 0 heterocycles. The van der Waals surface area contributed by atoms with E-state index in [1.807, 2.05) is 56.3 Å². The molecular formula is C16H18O2. The Balaban J connectivity index is 2.41. The van der Waals surface area contributed by atoms with Crippen LogP contribution >= 0.6 is 0 Å². The number of benzene rings is 2. The van der Waals surface area contributed by atoms with Gasteiger partial charge in [0.05, 0.1) is 7.11 Å². The minimum absolute atomic E-state index is 0.588. The number of hydrogen-bond donors (Lipinski definition) is 1. The predicted octanol–water partition coefficient (Wildman–Crippen LogP) is 3.39. The molecule has 2 nitrogen and oxygen atoms in total. The summed E-state index contributed by atoms with van der Waals surface area (Å²) in [5, 5.41) is 10.4. The zero-order chi connectivity index (χ0) is 13.1. The number of aliphatic hydroxyl groups is 1. The molecule has 2 aromatic rings. The van der Waals surface area contributed by atoms with Crippen LogP contribution in [0.25, 0.3) is 0 Å². The van der Waals surface area contributed by atoms with Crippen LogP contribution in [0.3, 0.4) is 0 Å². The summed E-state index contributed by atoms with van der Waals surface area (Å²) in [4.78, 5) is 0. The number of ether oxygens (including phenoxy) is 1. The average molecular weight is 242 g/mol. The summed E-state index contributed by atoms with van der Waals surface area (Å²) < 4.78 is 5.33. The van der Waals surface area contributed by atoms with E-state index in [1.54, 1.807) is 7.11 Å². The largest absolute Gasteiger partial charge is 0.496 e. The van der Waals surface area contributed by atoms with Crippen molar-refractivity contribution in [2.75, 3.05) is 7.11 Å². The number of aryl methyl sites for hydroxylation is 2. The van der Waals surface area contributed by atoms with Gasteiger partial charge in [0.2, 0.25) is 0 Å². The van der Waals surface area contributed by atoms with Gasteiger partial charge >= 0.3 is 0 Å². The van der Waals surface area contributed by atoms with Crippen LogP contribution in [-0.4, -0.2) is 12.2 Å². The second-order valence-electron chi connectivity index (χ2n) is 4.50. The van der Waals surface area contributed by atoms with Gasteiger partial charge in [-0.25, -0.2) is 0 Å². The Morgan fingerprint density at radius 2 is 1.50 bits per heavy atom. The van der Waals surface area contributed by atoms with E-state index in [4.69, 9.17) is 4.74 Å². The van der Waals surface area contributed by atoms with Crippen molar-refractivity contribution in [1.82, 2.24) is 0 Å². The molecule has 0 saturated heterocycles. The molecule has 0 aliphatic rings. The van der Waals surface area contributed by atoms with Crippen molar-refractivity contribution < 1.29 is 9.84 Å². The van der Waals surface area contributed by atoms with E-state index in [0.717, 1.165) is 28.0 Å². The van der Waals surface area contributed by atoms with Crippen LogP contribution in [-0.2, 0) is 0 Å². The lowest BCUT2D eigenvalue weighted by molar-refractivity contribution is 0.220. The van der Waals surface area contributed by atoms with Gasteiger partial charge in [-0.05, 0) is 48.2 Å². The number of hydrogen-bond acceptors (Lipinski definition) is 2. The van der Waals surface area contributed by atoms with Gasteiger partial charge < -0.3 is 9.84 Å². The van der Waals surface area contributed by atoms with Gasteiger partial charge in [-0.3, -0.25) is 0 Å². The molecule has 1 atom stereocenters. The second-order valence-corrected chi connectivity index (χ2v) is 4.50.